The number of halogens is 1. The van der Waals surface area contributed by atoms with Crippen molar-refractivity contribution < 1.29 is 14.1 Å². The quantitative estimate of drug-likeness (QED) is 0.427. The predicted octanol–water partition coefficient (Wildman–Crippen LogP) is 3.19. The number of carbonyl (C=O) groups is 1. The van der Waals surface area contributed by atoms with Crippen LogP contribution in [0.15, 0.2) is 52.9 Å². The molecule has 1 saturated heterocycles. The number of carbonyl (C=O) groups excluding carboxylic acids is 1. The van der Waals surface area contributed by atoms with Crippen molar-refractivity contribution in [3.05, 3.63) is 75.1 Å². The molecule has 1 aliphatic heterocycles. The summed E-state index contributed by atoms with van der Waals surface area (Å²) in [4.78, 5) is 26.9. The Hall–Kier alpha value is -3.30. The fourth-order valence-electron chi connectivity index (χ4n) is 3.40. The van der Waals surface area contributed by atoms with Gasteiger partial charge in [-0.1, -0.05) is 23.7 Å². The number of aromatic nitrogens is 2. The SMILES string of the molecule is O=C(Cc1ccc(Cl)cc1)N1CCN(Cc2nnc(-c3ccc([N+](=O)[O-])cc3)o2)CC1. The molecule has 1 fully saturated rings. The number of rotatable bonds is 6. The number of nitrogens with zero attached hydrogens (tertiary/aromatic N) is 5. The number of hydrogen-bond acceptors (Lipinski definition) is 7. The summed E-state index contributed by atoms with van der Waals surface area (Å²) in [7, 11) is 0. The Morgan fingerprint density at radius 3 is 2.35 bits per heavy atom. The molecule has 0 atom stereocenters. The summed E-state index contributed by atoms with van der Waals surface area (Å²) in [6, 6.07) is 13.3. The molecule has 9 nitrogen and oxygen atoms in total. The zero-order chi connectivity index (χ0) is 21.8. The molecule has 0 N–H and O–H groups in total. The van der Waals surface area contributed by atoms with Gasteiger partial charge in [0.25, 0.3) is 5.69 Å². The predicted molar refractivity (Wildman–Crippen MR) is 113 cm³/mol. The van der Waals surface area contributed by atoms with Gasteiger partial charge in [0, 0.05) is 48.9 Å². The third kappa shape index (κ3) is 5.25. The zero-order valence-electron chi connectivity index (χ0n) is 16.6. The normalized spacial score (nSPS) is 14.5. The van der Waals surface area contributed by atoms with E-state index < -0.39 is 4.92 Å². The maximum absolute atomic E-state index is 12.5. The lowest BCUT2D eigenvalue weighted by Crippen LogP contribution is -2.48. The first-order valence-corrected chi connectivity index (χ1v) is 10.2. The van der Waals surface area contributed by atoms with Crippen molar-refractivity contribution in [1.82, 2.24) is 20.0 Å². The van der Waals surface area contributed by atoms with Crippen molar-refractivity contribution in [2.75, 3.05) is 26.2 Å². The van der Waals surface area contributed by atoms with Gasteiger partial charge in [-0.2, -0.15) is 0 Å². The fraction of sp³-hybridized carbons (Fsp3) is 0.286. The maximum atomic E-state index is 12.5. The number of amides is 1. The second-order valence-corrected chi connectivity index (χ2v) is 7.70. The average molecular weight is 442 g/mol. The van der Waals surface area contributed by atoms with E-state index in [0.29, 0.717) is 61.5 Å². The van der Waals surface area contributed by atoms with Crippen molar-refractivity contribution in [3.8, 4) is 11.5 Å². The van der Waals surface area contributed by atoms with Gasteiger partial charge in [-0.3, -0.25) is 19.8 Å². The Labute approximate surface area is 183 Å². The minimum absolute atomic E-state index is 0.00645. The molecule has 160 valence electrons. The zero-order valence-corrected chi connectivity index (χ0v) is 17.4. The van der Waals surface area contributed by atoms with Gasteiger partial charge in [-0.15, -0.1) is 10.2 Å². The number of non-ortho nitro benzene ring substituents is 1. The lowest BCUT2D eigenvalue weighted by Gasteiger charge is -2.34. The highest BCUT2D eigenvalue weighted by Gasteiger charge is 2.23. The minimum Gasteiger partial charge on any atom is -0.419 e. The Morgan fingerprint density at radius 1 is 1.03 bits per heavy atom. The first-order valence-electron chi connectivity index (χ1n) is 9.80. The molecular formula is C21H20ClN5O4. The van der Waals surface area contributed by atoms with Gasteiger partial charge < -0.3 is 9.32 Å². The molecule has 10 heteroatoms. The lowest BCUT2D eigenvalue weighted by molar-refractivity contribution is -0.384. The minimum atomic E-state index is -0.455. The van der Waals surface area contributed by atoms with Crippen LogP contribution in [-0.4, -0.2) is 57.0 Å². The van der Waals surface area contributed by atoms with E-state index in [4.69, 9.17) is 16.0 Å². The fourth-order valence-corrected chi connectivity index (χ4v) is 3.52. The molecule has 0 saturated carbocycles. The van der Waals surface area contributed by atoms with Crippen LogP contribution in [0.2, 0.25) is 5.02 Å². The van der Waals surface area contributed by atoms with Crippen molar-refractivity contribution in [3.63, 3.8) is 0 Å². The Morgan fingerprint density at radius 2 is 1.71 bits per heavy atom. The van der Waals surface area contributed by atoms with Crippen LogP contribution in [0, 0.1) is 10.1 Å². The number of piperazine rings is 1. The van der Waals surface area contributed by atoms with Gasteiger partial charge in [0.2, 0.25) is 17.7 Å². The molecule has 31 heavy (non-hydrogen) atoms. The van der Waals surface area contributed by atoms with E-state index in [1.807, 2.05) is 17.0 Å². The standard InChI is InChI=1S/C21H20ClN5O4/c22-17-5-1-15(2-6-17)13-20(28)26-11-9-25(10-12-26)14-19-23-24-21(31-19)16-3-7-18(8-4-16)27(29)30/h1-8H,9-14H2. The van der Waals surface area contributed by atoms with Crippen LogP contribution in [0.1, 0.15) is 11.5 Å². The van der Waals surface area contributed by atoms with Gasteiger partial charge in [-0.25, -0.2) is 0 Å². The van der Waals surface area contributed by atoms with Gasteiger partial charge >= 0.3 is 0 Å². The van der Waals surface area contributed by atoms with Gasteiger partial charge in [0.05, 0.1) is 17.9 Å². The molecule has 3 aromatic rings. The summed E-state index contributed by atoms with van der Waals surface area (Å²) < 4.78 is 5.71. The molecule has 0 unspecified atom stereocenters. The molecule has 1 aliphatic rings. The average Bonchev–Trinajstić information content (AvgIpc) is 3.24. The van der Waals surface area contributed by atoms with E-state index in [1.54, 1.807) is 24.3 Å². The summed E-state index contributed by atoms with van der Waals surface area (Å²) in [5.41, 5.74) is 1.58. The molecule has 1 aromatic heterocycles. The van der Waals surface area contributed by atoms with E-state index in [9.17, 15) is 14.9 Å². The molecule has 0 bridgehead atoms. The Kier molecular flexibility index (Phi) is 6.24. The summed E-state index contributed by atoms with van der Waals surface area (Å²) in [5, 5.41) is 19.5. The number of hydrogen-bond donors (Lipinski definition) is 0. The van der Waals surface area contributed by atoms with Crippen molar-refractivity contribution in [1.29, 1.82) is 0 Å². The van der Waals surface area contributed by atoms with Crippen LogP contribution in [0.25, 0.3) is 11.5 Å². The largest absolute Gasteiger partial charge is 0.419 e. The molecule has 0 radical (unpaired) electrons. The van der Waals surface area contributed by atoms with Gasteiger partial charge in [0.1, 0.15) is 0 Å². The summed E-state index contributed by atoms with van der Waals surface area (Å²) >= 11 is 5.89. The van der Waals surface area contributed by atoms with E-state index in [1.165, 1.54) is 12.1 Å². The van der Waals surface area contributed by atoms with Gasteiger partial charge in [-0.05, 0) is 29.8 Å². The molecule has 2 aromatic carbocycles. The number of nitro benzene ring substituents is 1. The third-order valence-electron chi connectivity index (χ3n) is 5.14. The Bertz CT molecular complexity index is 1060. The van der Waals surface area contributed by atoms with Crippen LogP contribution in [0.5, 0.6) is 0 Å². The third-order valence-corrected chi connectivity index (χ3v) is 5.40. The van der Waals surface area contributed by atoms with Crippen LogP contribution >= 0.6 is 11.6 Å². The van der Waals surface area contributed by atoms with Crippen molar-refractivity contribution >= 4 is 23.2 Å². The highest BCUT2D eigenvalue weighted by Crippen LogP contribution is 2.22. The topological polar surface area (TPSA) is 106 Å². The highest BCUT2D eigenvalue weighted by atomic mass is 35.5. The summed E-state index contributed by atoms with van der Waals surface area (Å²) in [6.07, 6.45) is 0.361. The van der Waals surface area contributed by atoms with E-state index >= 15 is 0 Å². The summed E-state index contributed by atoms with van der Waals surface area (Å²) in [6.45, 7) is 3.17. The number of benzene rings is 2. The monoisotopic (exact) mass is 441 g/mol. The first kappa shape index (κ1) is 21.0. The summed E-state index contributed by atoms with van der Waals surface area (Å²) in [5.74, 6) is 0.885. The van der Waals surface area contributed by atoms with E-state index in [-0.39, 0.29) is 11.6 Å². The number of nitro groups is 1. The maximum Gasteiger partial charge on any atom is 0.269 e. The molecule has 1 amide bonds. The van der Waals surface area contributed by atoms with Crippen molar-refractivity contribution in [2.45, 2.75) is 13.0 Å². The Balaban J connectivity index is 1.28. The molecule has 4 rings (SSSR count). The van der Waals surface area contributed by atoms with Crippen LogP contribution in [0.3, 0.4) is 0 Å². The second-order valence-electron chi connectivity index (χ2n) is 7.27. The molecule has 0 aliphatic carbocycles. The highest BCUT2D eigenvalue weighted by molar-refractivity contribution is 6.30. The van der Waals surface area contributed by atoms with Gasteiger partial charge in [0.15, 0.2) is 0 Å². The van der Waals surface area contributed by atoms with E-state index in [0.717, 1.165) is 5.56 Å². The first-order chi connectivity index (χ1) is 15.0. The van der Waals surface area contributed by atoms with E-state index in [2.05, 4.69) is 15.1 Å². The van der Waals surface area contributed by atoms with Crippen molar-refractivity contribution in [2.24, 2.45) is 0 Å². The molecule has 2 heterocycles. The second kappa shape index (κ2) is 9.23. The van der Waals surface area contributed by atoms with Crippen LogP contribution in [0.4, 0.5) is 5.69 Å². The lowest BCUT2D eigenvalue weighted by atomic mass is 10.1. The molecule has 0 spiro atoms. The van der Waals surface area contributed by atoms with Crippen LogP contribution < -0.4 is 0 Å². The van der Waals surface area contributed by atoms with Crippen LogP contribution in [-0.2, 0) is 17.8 Å². The molecular weight excluding hydrogens is 422 g/mol. The smallest absolute Gasteiger partial charge is 0.269 e.